The van der Waals surface area contributed by atoms with Gasteiger partial charge in [-0.1, -0.05) is 6.07 Å². The van der Waals surface area contributed by atoms with Crippen molar-refractivity contribution >= 4 is 38.9 Å². The van der Waals surface area contributed by atoms with Gasteiger partial charge in [-0.05, 0) is 42.5 Å². The summed E-state index contributed by atoms with van der Waals surface area (Å²) in [5, 5.41) is 7.22. The largest absolute Gasteiger partial charge is 0.452 e. The van der Waals surface area contributed by atoms with E-state index in [2.05, 4.69) is 0 Å². The maximum absolute atomic E-state index is 12.9. The number of esters is 1. The molecule has 2 N–H and O–H groups in total. The first kappa shape index (κ1) is 22.7. The molecule has 2 aliphatic rings. The number of carbonyl (C=O) groups excluding carboxylic acids is 2. The minimum Gasteiger partial charge on any atom is -0.452 e. The van der Waals surface area contributed by atoms with E-state index in [0.717, 1.165) is 17.7 Å². The molecule has 2 fully saturated rings. The summed E-state index contributed by atoms with van der Waals surface area (Å²) in [5.74, 6) is -1.04. The Kier molecular flexibility index (Phi) is 6.79. The van der Waals surface area contributed by atoms with E-state index in [0.29, 0.717) is 38.5 Å². The van der Waals surface area contributed by atoms with Gasteiger partial charge in [-0.15, -0.1) is 11.3 Å². The SMILES string of the molecule is NS(=O)(=O)c1ccc(N2CCOCC2)c(C(=O)OCC(=O)N2CCCC2c2cccs2)c1. The number of nitrogens with two attached hydrogens (primary N) is 1. The third kappa shape index (κ3) is 4.96. The van der Waals surface area contributed by atoms with Crippen molar-refractivity contribution in [3.63, 3.8) is 0 Å². The summed E-state index contributed by atoms with van der Waals surface area (Å²) in [6.07, 6.45) is 1.76. The molecule has 11 heteroatoms. The van der Waals surface area contributed by atoms with Gasteiger partial charge in [0.05, 0.1) is 35.4 Å². The standard InChI is InChI=1S/C21H25N3O6S2/c22-32(27,28)15-5-6-17(23-8-10-29-11-9-23)16(13-15)21(26)30-14-20(25)24-7-1-3-18(24)19-4-2-12-31-19/h2,4-6,12-13,18H,1,3,7-11,14H2,(H2,22,27,28). The van der Waals surface area contributed by atoms with Gasteiger partial charge < -0.3 is 19.3 Å². The Hall–Kier alpha value is -2.47. The Morgan fingerprint density at radius 1 is 1.19 bits per heavy atom. The van der Waals surface area contributed by atoms with Crippen LogP contribution in [-0.2, 0) is 24.3 Å². The molecule has 1 aromatic heterocycles. The van der Waals surface area contributed by atoms with Crippen molar-refractivity contribution in [1.29, 1.82) is 0 Å². The molecule has 0 saturated carbocycles. The zero-order valence-electron chi connectivity index (χ0n) is 17.4. The summed E-state index contributed by atoms with van der Waals surface area (Å²) in [6.45, 7) is 2.27. The highest BCUT2D eigenvalue weighted by Gasteiger charge is 2.31. The van der Waals surface area contributed by atoms with Crippen LogP contribution in [0.25, 0.3) is 0 Å². The first-order valence-electron chi connectivity index (χ1n) is 10.3. The Balaban J connectivity index is 1.51. The summed E-state index contributed by atoms with van der Waals surface area (Å²) in [6, 6.07) is 8.05. The van der Waals surface area contributed by atoms with Crippen LogP contribution in [-0.4, -0.2) is 64.6 Å². The van der Waals surface area contributed by atoms with Crippen LogP contribution in [0, 0.1) is 0 Å². The molecule has 32 heavy (non-hydrogen) atoms. The highest BCUT2D eigenvalue weighted by Crippen LogP contribution is 2.34. The molecule has 1 amide bonds. The van der Waals surface area contributed by atoms with Gasteiger partial charge in [0.2, 0.25) is 10.0 Å². The summed E-state index contributed by atoms with van der Waals surface area (Å²) in [7, 11) is -4.01. The van der Waals surface area contributed by atoms with Crippen LogP contribution >= 0.6 is 11.3 Å². The number of ether oxygens (including phenoxy) is 2. The lowest BCUT2D eigenvalue weighted by Gasteiger charge is -2.30. The molecule has 4 rings (SSSR count). The number of primary sulfonamides is 1. The number of benzene rings is 1. The van der Waals surface area contributed by atoms with Crippen LogP contribution < -0.4 is 10.0 Å². The Morgan fingerprint density at radius 2 is 1.97 bits per heavy atom. The third-order valence-electron chi connectivity index (χ3n) is 5.64. The second-order valence-corrected chi connectivity index (χ2v) is 10.2. The maximum Gasteiger partial charge on any atom is 0.340 e. The Labute approximate surface area is 190 Å². The lowest BCUT2D eigenvalue weighted by Crippen LogP contribution is -2.37. The fourth-order valence-electron chi connectivity index (χ4n) is 4.07. The van der Waals surface area contributed by atoms with E-state index in [1.165, 1.54) is 18.2 Å². The van der Waals surface area contributed by atoms with Crippen molar-refractivity contribution in [3.8, 4) is 0 Å². The van der Waals surface area contributed by atoms with E-state index in [-0.39, 0.29) is 22.4 Å². The molecule has 2 aromatic rings. The number of likely N-dealkylation sites (tertiary alicyclic amines) is 1. The highest BCUT2D eigenvalue weighted by atomic mass is 32.2. The van der Waals surface area contributed by atoms with Gasteiger partial charge in [0.1, 0.15) is 0 Å². The fourth-order valence-corrected chi connectivity index (χ4v) is 5.48. The number of anilines is 1. The van der Waals surface area contributed by atoms with E-state index < -0.39 is 22.6 Å². The summed E-state index contributed by atoms with van der Waals surface area (Å²) in [4.78, 5) is 30.3. The van der Waals surface area contributed by atoms with Crippen molar-refractivity contribution in [2.45, 2.75) is 23.8 Å². The molecular formula is C21H25N3O6S2. The van der Waals surface area contributed by atoms with Gasteiger partial charge in [-0.3, -0.25) is 4.79 Å². The molecule has 0 bridgehead atoms. The molecule has 172 valence electrons. The topological polar surface area (TPSA) is 119 Å². The summed E-state index contributed by atoms with van der Waals surface area (Å²) in [5.41, 5.74) is 0.582. The number of hydrogen-bond acceptors (Lipinski definition) is 8. The van der Waals surface area contributed by atoms with Crippen LogP contribution in [0.1, 0.15) is 34.1 Å². The molecule has 1 aromatic carbocycles. The molecule has 1 unspecified atom stereocenters. The number of thiophene rings is 1. The van der Waals surface area contributed by atoms with E-state index in [1.807, 2.05) is 22.4 Å². The smallest absolute Gasteiger partial charge is 0.340 e. The third-order valence-corrected chi connectivity index (χ3v) is 7.52. The lowest BCUT2D eigenvalue weighted by atomic mass is 10.1. The predicted octanol–water partition coefficient (Wildman–Crippen LogP) is 1.75. The number of hydrogen-bond donors (Lipinski definition) is 1. The summed E-state index contributed by atoms with van der Waals surface area (Å²) >= 11 is 1.60. The zero-order valence-corrected chi connectivity index (χ0v) is 19.1. The average Bonchev–Trinajstić information content (AvgIpc) is 3.48. The molecule has 0 spiro atoms. The molecule has 9 nitrogen and oxygen atoms in total. The monoisotopic (exact) mass is 479 g/mol. The minimum absolute atomic E-state index is 0.00387. The Morgan fingerprint density at radius 3 is 2.66 bits per heavy atom. The highest BCUT2D eigenvalue weighted by molar-refractivity contribution is 7.89. The number of carbonyl (C=O) groups is 2. The minimum atomic E-state index is -4.01. The van der Waals surface area contributed by atoms with Gasteiger partial charge in [0, 0.05) is 24.5 Å². The van der Waals surface area contributed by atoms with Gasteiger partial charge in [-0.2, -0.15) is 0 Å². The van der Waals surface area contributed by atoms with Crippen LogP contribution in [0.2, 0.25) is 0 Å². The van der Waals surface area contributed by atoms with Gasteiger partial charge >= 0.3 is 5.97 Å². The van der Waals surface area contributed by atoms with E-state index in [4.69, 9.17) is 14.6 Å². The van der Waals surface area contributed by atoms with Crippen LogP contribution in [0.3, 0.4) is 0 Å². The number of nitrogens with zero attached hydrogens (tertiary/aromatic N) is 2. The van der Waals surface area contributed by atoms with E-state index >= 15 is 0 Å². The normalized spacial score (nSPS) is 19.2. The second-order valence-electron chi connectivity index (χ2n) is 7.66. The average molecular weight is 480 g/mol. The fraction of sp³-hybridized carbons (Fsp3) is 0.429. The number of amides is 1. The molecular weight excluding hydrogens is 454 g/mol. The maximum atomic E-state index is 12.9. The molecule has 2 aliphatic heterocycles. The van der Waals surface area contributed by atoms with Crippen LogP contribution in [0.15, 0.2) is 40.6 Å². The van der Waals surface area contributed by atoms with E-state index in [9.17, 15) is 18.0 Å². The van der Waals surface area contributed by atoms with Gasteiger partial charge in [0.25, 0.3) is 5.91 Å². The van der Waals surface area contributed by atoms with Gasteiger partial charge in [-0.25, -0.2) is 18.4 Å². The van der Waals surface area contributed by atoms with Crippen molar-refractivity contribution in [1.82, 2.24) is 4.90 Å². The first-order chi connectivity index (χ1) is 15.3. The van der Waals surface area contributed by atoms with Gasteiger partial charge in [0.15, 0.2) is 6.61 Å². The number of rotatable bonds is 6. The molecule has 2 saturated heterocycles. The van der Waals surface area contributed by atoms with Crippen molar-refractivity contribution < 1.29 is 27.5 Å². The molecule has 0 aliphatic carbocycles. The van der Waals surface area contributed by atoms with Crippen LogP contribution in [0.4, 0.5) is 5.69 Å². The second kappa shape index (κ2) is 9.57. The zero-order chi connectivity index (χ0) is 22.7. The quantitative estimate of drug-likeness (QED) is 0.627. The predicted molar refractivity (Wildman–Crippen MR) is 119 cm³/mol. The lowest BCUT2D eigenvalue weighted by molar-refractivity contribution is -0.135. The number of morpholine rings is 1. The first-order valence-corrected chi connectivity index (χ1v) is 12.8. The van der Waals surface area contributed by atoms with E-state index in [1.54, 1.807) is 16.2 Å². The van der Waals surface area contributed by atoms with Crippen molar-refractivity contribution in [3.05, 3.63) is 46.2 Å². The molecule has 1 atom stereocenters. The Bertz CT molecular complexity index is 1080. The number of sulfonamides is 1. The molecule has 3 heterocycles. The molecule has 0 radical (unpaired) electrons. The summed E-state index contributed by atoms with van der Waals surface area (Å²) < 4.78 is 34.3. The van der Waals surface area contributed by atoms with Crippen molar-refractivity contribution in [2.24, 2.45) is 5.14 Å². The van der Waals surface area contributed by atoms with Crippen molar-refractivity contribution in [2.75, 3.05) is 44.4 Å². The van der Waals surface area contributed by atoms with Crippen LogP contribution in [0.5, 0.6) is 0 Å².